The van der Waals surface area contributed by atoms with Gasteiger partial charge in [-0.2, -0.15) is 0 Å². The molecule has 6 nitrogen and oxygen atoms in total. The van der Waals surface area contributed by atoms with Gasteiger partial charge in [0.25, 0.3) is 5.97 Å². The second-order valence-corrected chi connectivity index (χ2v) is 2.06. The molecule has 0 aliphatic heterocycles. The van der Waals surface area contributed by atoms with E-state index in [1.165, 1.54) is 0 Å². The van der Waals surface area contributed by atoms with Crippen LogP contribution >= 0.6 is 7.82 Å². The summed E-state index contributed by atoms with van der Waals surface area (Å²) in [6.07, 6.45) is 0. The molecule has 93 valence electrons. The number of hydrogen-bond acceptors (Lipinski definition) is 2. The number of rotatable bonds is 0. The molecule has 0 saturated carbocycles. The summed E-state index contributed by atoms with van der Waals surface area (Å²) in [4.78, 5) is 30.6. The monoisotopic (exact) mass is 349 g/mol. The SMILES string of the molecule is C.CC(=O)O.O=P(O)(O)O.[Co].[Ni].[Ni]. The predicted octanol–water partition coefficient (Wildman–Crippen LogP) is -0.209. The van der Waals surface area contributed by atoms with Crippen molar-refractivity contribution in [1.82, 2.24) is 0 Å². The number of hydrogen-bond donors (Lipinski definition) is 4. The molecule has 0 aliphatic rings. The van der Waals surface area contributed by atoms with Crippen molar-refractivity contribution < 1.29 is 78.9 Å². The van der Waals surface area contributed by atoms with Gasteiger partial charge in [-0.15, -0.1) is 0 Å². The fourth-order valence-electron chi connectivity index (χ4n) is 0. The Balaban J connectivity index is -0.0000000146. The molecule has 0 spiro atoms. The minimum Gasteiger partial charge on any atom is -0.481 e. The van der Waals surface area contributed by atoms with E-state index >= 15 is 0 Å². The molecule has 0 aromatic carbocycles. The van der Waals surface area contributed by atoms with E-state index in [2.05, 4.69) is 0 Å². The molecule has 1 radical (unpaired) electrons. The second-order valence-electron chi connectivity index (χ2n) is 1.03. The van der Waals surface area contributed by atoms with Crippen LogP contribution in [-0.2, 0) is 59.1 Å². The van der Waals surface area contributed by atoms with Gasteiger partial charge in [0.1, 0.15) is 0 Å². The van der Waals surface area contributed by atoms with Crippen molar-refractivity contribution in [3.8, 4) is 0 Å². The van der Waals surface area contributed by atoms with Crippen molar-refractivity contribution in [2.45, 2.75) is 14.4 Å². The Kier molecular flexibility index (Phi) is 53.3. The Morgan fingerprint density at radius 2 is 1.15 bits per heavy atom. The molecule has 0 bridgehead atoms. The molecule has 0 atom stereocenters. The summed E-state index contributed by atoms with van der Waals surface area (Å²) in [6, 6.07) is 0. The zero-order valence-corrected chi connectivity index (χ0v) is 9.43. The molecular formula is C3H11CoNi2O6P. The molecule has 0 rings (SSSR count). The zero-order chi connectivity index (χ0) is 8.08. The summed E-state index contributed by atoms with van der Waals surface area (Å²) in [7, 11) is -4.64. The van der Waals surface area contributed by atoms with Gasteiger partial charge in [0, 0.05) is 56.7 Å². The average molecular weight is 350 g/mol. The van der Waals surface area contributed by atoms with Gasteiger partial charge >= 0.3 is 7.82 Å². The zero-order valence-electron chi connectivity index (χ0n) is 5.52. The fraction of sp³-hybridized carbons (Fsp3) is 0.667. The van der Waals surface area contributed by atoms with Crippen LogP contribution in [0.5, 0.6) is 0 Å². The fourth-order valence-corrected chi connectivity index (χ4v) is 0. The number of aliphatic carboxylic acids is 1. The summed E-state index contributed by atoms with van der Waals surface area (Å²) in [5.41, 5.74) is 0. The van der Waals surface area contributed by atoms with Crippen LogP contribution in [0.3, 0.4) is 0 Å². The summed E-state index contributed by atoms with van der Waals surface area (Å²) in [5.74, 6) is -0.833. The largest absolute Gasteiger partial charge is 0.481 e. The van der Waals surface area contributed by atoms with Crippen LogP contribution < -0.4 is 0 Å². The molecule has 0 saturated heterocycles. The average Bonchev–Trinajstić information content (AvgIpc) is 1.19. The molecule has 0 aromatic heterocycles. The van der Waals surface area contributed by atoms with E-state index in [-0.39, 0.29) is 57.2 Å². The van der Waals surface area contributed by atoms with Crippen molar-refractivity contribution in [2.75, 3.05) is 0 Å². The van der Waals surface area contributed by atoms with Crippen molar-refractivity contribution in [2.24, 2.45) is 0 Å². The van der Waals surface area contributed by atoms with Gasteiger partial charge in [0.05, 0.1) is 0 Å². The summed E-state index contributed by atoms with van der Waals surface area (Å²) < 4.78 is 8.88. The molecule has 0 aromatic rings. The molecule has 10 heteroatoms. The summed E-state index contributed by atoms with van der Waals surface area (Å²) >= 11 is 0. The quantitative estimate of drug-likeness (QED) is 0.355. The summed E-state index contributed by atoms with van der Waals surface area (Å²) in [6.45, 7) is 1.08. The summed E-state index contributed by atoms with van der Waals surface area (Å²) in [5, 5.41) is 7.42. The molecular weight excluding hydrogens is 339 g/mol. The second kappa shape index (κ2) is 18.8. The van der Waals surface area contributed by atoms with Crippen LogP contribution in [-0.4, -0.2) is 25.8 Å². The maximum absolute atomic E-state index is 9.00. The minimum atomic E-state index is -4.64. The van der Waals surface area contributed by atoms with Gasteiger partial charge in [0.15, 0.2) is 0 Å². The van der Waals surface area contributed by atoms with Crippen LogP contribution in [0.1, 0.15) is 14.4 Å². The molecule has 4 N–H and O–H groups in total. The Labute approximate surface area is 107 Å². The van der Waals surface area contributed by atoms with E-state index in [0.717, 1.165) is 6.92 Å². The van der Waals surface area contributed by atoms with Gasteiger partial charge < -0.3 is 19.8 Å². The standard InChI is InChI=1S/C2H4O2.CH4.Co.2Ni.H3O4P/c1-2(3)4;;;;;1-5(2,3)4/h1H3,(H,3,4);1H4;;;;(H3,1,2,3,4). The van der Waals surface area contributed by atoms with Crippen LogP contribution in [0.2, 0.25) is 0 Å². The van der Waals surface area contributed by atoms with E-state index in [0.29, 0.717) is 0 Å². The van der Waals surface area contributed by atoms with E-state index in [1.807, 2.05) is 0 Å². The minimum absolute atomic E-state index is 0. The maximum atomic E-state index is 9.00. The molecule has 0 aliphatic carbocycles. The van der Waals surface area contributed by atoms with Crippen molar-refractivity contribution in [3.63, 3.8) is 0 Å². The number of phosphoric acid groups is 1. The van der Waals surface area contributed by atoms with Gasteiger partial charge in [-0.05, 0) is 0 Å². The topological polar surface area (TPSA) is 115 Å². The first kappa shape index (κ1) is 36.9. The third-order valence-corrected chi connectivity index (χ3v) is 0. The molecule has 0 heterocycles. The normalized spacial score (nSPS) is 6.46. The first-order chi connectivity index (χ1) is 3.73. The van der Waals surface area contributed by atoms with Crippen molar-refractivity contribution >= 4 is 13.8 Å². The van der Waals surface area contributed by atoms with Gasteiger partial charge in [-0.3, -0.25) is 4.79 Å². The molecule has 0 fully saturated rings. The van der Waals surface area contributed by atoms with Crippen LogP contribution in [0.15, 0.2) is 0 Å². The van der Waals surface area contributed by atoms with E-state index in [4.69, 9.17) is 29.1 Å². The van der Waals surface area contributed by atoms with Crippen LogP contribution in [0, 0.1) is 0 Å². The van der Waals surface area contributed by atoms with E-state index in [1.54, 1.807) is 0 Å². The van der Waals surface area contributed by atoms with Gasteiger partial charge in [-0.25, -0.2) is 4.57 Å². The van der Waals surface area contributed by atoms with Gasteiger partial charge in [0.2, 0.25) is 0 Å². The number of carboxylic acids is 1. The first-order valence-corrected chi connectivity index (χ1v) is 3.28. The van der Waals surface area contributed by atoms with Gasteiger partial charge in [-0.1, -0.05) is 7.43 Å². The molecule has 13 heavy (non-hydrogen) atoms. The Hall–Kier alpha value is 1.07. The smallest absolute Gasteiger partial charge is 0.466 e. The first-order valence-electron chi connectivity index (χ1n) is 1.71. The van der Waals surface area contributed by atoms with Crippen LogP contribution in [0.25, 0.3) is 0 Å². The predicted molar refractivity (Wildman–Crippen MR) is 34.3 cm³/mol. The van der Waals surface area contributed by atoms with Crippen LogP contribution in [0.4, 0.5) is 0 Å². The third kappa shape index (κ3) is 1390. The number of carbonyl (C=O) groups is 1. The van der Waals surface area contributed by atoms with Crippen molar-refractivity contribution in [1.29, 1.82) is 0 Å². The Bertz CT molecular complexity index is 126. The van der Waals surface area contributed by atoms with E-state index in [9.17, 15) is 0 Å². The van der Waals surface area contributed by atoms with E-state index < -0.39 is 13.8 Å². The van der Waals surface area contributed by atoms with Crippen molar-refractivity contribution in [3.05, 3.63) is 0 Å². The maximum Gasteiger partial charge on any atom is 0.466 e. The third-order valence-electron chi connectivity index (χ3n) is 0. The molecule has 0 unspecified atom stereocenters. The molecule has 0 amide bonds. The number of carboxylic acid groups (broad SMARTS) is 1. The Morgan fingerprint density at radius 3 is 1.15 bits per heavy atom. The Morgan fingerprint density at radius 1 is 1.15 bits per heavy atom.